The van der Waals surface area contributed by atoms with Crippen LogP contribution in [0.25, 0.3) is 165 Å². The lowest BCUT2D eigenvalue weighted by molar-refractivity contribution is 1.41. The van der Waals surface area contributed by atoms with Crippen LogP contribution in [-0.4, -0.2) is 9.97 Å². The fraction of sp³-hybridized carbons (Fsp3) is 0. The van der Waals surface area contributed by atoms with Crippen LogP contribution < -0.4 is 0 Å². The fourth-order valence-electron chi connectivity index (χ4n) is 13.1. The predicted molar refractivity (Wildman–Crippen MR) is 376 cm³/mol. The Kier molecular flexibility index (Phi) is 13.3. The van der Waals surface area contributed by atoms with Crippen molar-refractivity contribution in [3.05, 3.63) is 327 Å². The Morgan fingerprint density at radius 1 is 0.200 bits per heavy atom. The number of fused-ring (bicyclic) bond motifs is 10. The Morgan fingerprint density at radius 3 is 0.956 bits per heavy atom. The molecule has 0 aliphatic heterocycles. The zero-order valence-corrected chi connectivity index (χ0v) is 48.8. The van der Waals surface area contributed by atoms with Gasteiger partial charge in [0.15, 0.2) is 0 Å². The molecule has 0 aliphatic rings. The number of rotatable bonds is 7. The topological polar surface area (TPSA) is 73.4 Å². The van der Waals surface area contributed by atoms with Crippen molar-refractivity contribution < 1.29 is 0 Å². The van der Waals surface area contributed by atoms with Gasteiger partial charge in [-0.1, -0.05) is 243 Å². The third-order valence-electron chi connectivity index (χ3n) is 17.7. The quantitative estimate of drug-likeness (QED) is 0.149. The molecule has 0 N–H and O–H groups in total. The molecule has 416 valence electrons. The third kappa shape index (κ3) is 9.78. The zero-order valence-electron chi connectivity index (χ0n) is 48.8. The molecule has 4 nitrogen and oxygen atoms in total. The van der Waals surface area contributed by atoms with E-state index in [1.807, 2.05) is 42.5 Å². The van der Waals surface area contributed by atoms with Crippen molar-refractivity contribution in [1.82, 2.24) is 9.97 Å². The minimum atomic E-state index is 0.639. The monoisotopic (exact) mass is 1140 g/mol. The van der Waals surface area contributed by atoms with Crippen LogP contribution in [0.2, 0.25) is 0 Å². The lowest BCUT2D eigenvalue weighted by atomic mass is 9.90. The molecule has 0 spiro atoms. The number of benzene rings is 15. The first-order valence-corrected chi connectivity index (χ1v) is 30.3. The highest BCUT2D eigenvalue weighted by Crippen LogP contribution is 2.44. The Bertz CT molecular complexity index is 5810. The number of aromatic nitrogens is 2. The normalized spacial score (nSPS) is 11.3. The molecule has 0 fully saturated rings. The van der Waals surface area contributed by atoms with Crippen LogP contribution in [-0.2, 0) is 0 Å². The summed E-state index contributed by atoms with van der Waals surface area (Å²) in [4.78, 5) is 10.7. The summed E-state index contributed by atoms with van der Waals surface area (Å²) in [5.74, 6) is 0. The maximum absolute atomic E-state index is 9.71. The minimum absolute atomic E-state index is 0.639. The van der Waals surface area contributed by atoms with Crippen LogP contribution in [0.3, 0.4) is 0 Å². The van der Waals surface area contributed by atoms with Gasteiger partial charge in [-0.05, 0) is 182 Å². The standard InChI is InChI=1S/C46H28N2.C40H24N2/c47-29-30-13-15-33(16-14-30)34-17-21-35(22-18-34)43-28-45(39-24-20-32-8-2-4-10-37(32)26-39)48-46-41-12-6-5-11-40(41)42(27-44(43)46)38-23-19-31-7-1-3-9-36(31)25-38;41-25-26-8-7-13-31(20-26)37-24-39(33-19-17-28-10-2-4-12-30(28)22-33)42-40-35-15-6-5-14-34(35)36(23-38(37)40)32-18-16-27-9-1-3-11-29(27)21-32/h1-28H;1-24H. The molecule has 0 unspecified atom stereocenters. The van der Waals surface area contributed by atoms with Gasteiger partial charge in [0.1, 0.15) is 0 Å². The molecule has 0 saturated carbocycles. The second kappa shape index (κ2) is 22.5. The van der Waals surface area contributed by atoms with Crippen LogP contribution in [0.5, 0.6) is 0 Å². The summed E-state index contributed by atoms with van der Waals surface area (Å²) in [5, 5.41) is 35.4. The predicted octanol–water partition coefficient (Wildman–Crippen LogP) is 22.8. The number of hydrogen-bond donors (Lipinski definition) is 0. The summed E-state index contributed by atoms with van der Waals surface area (Å²) in [6, 6.07) is 116. The second-order valence-electron chi connectivity index (χ2n) is 23.0. The molecule has 0 bridgehead atoms. The lowest BCUT2D eigenvalue weighted by Gasteiger charge is -2.16. The van der Waals surface area contributed by atoms with E-state index in [1.54, 1.807) is 0 Å². The summed E-state index contributed by atoms with van der Waals surface area (Å²) in [6.45, 7) is 0. The Balaban J connectivity index is 0.000000145. The SMILES string of the molecule is N#Cc1ccc(-c2ccc(-c3cc(-c4ccc5ccccc5c4)nc4c3cc(-c3ccc5ccccc5c3)c3ccccc34)cc2)cc1.N#Cc1cccc(-c2cc(-c3ccc4ccccc4c3)nc3c2cc(-c2ccc4ccccc4c2)c2ccccc23)c1. The first-order chi connectivity index (χ1) is 44.5. The first-order valence-electron chi connectivity index (χ1n) is 30.3. The van der Waals surface area contributed by atoms with Crippen LogP contribution >= 0.6 is 0 Å². The van der Waals surface area contributed by atoms with Crippen LogP contribution in [0.1, 0.15) is 11.1 Å². The van der Waals surface area contributed by atoms with Crippen molar-refractivity contribution in [1.29, 1.82) is 10.5 Å². The molecule has 15 aromatic carbocycles. The highest BCUT2D eigenvalue weighted by molar-refractivity contribution is 6.18. The molecule has 0 saturated heterocycles. The highest BCUT2D eigenvalue weighted by Gasteiger charge is 2.20. The van der Waals surface area contributed by atoms with E-state index in [1.165, 1.54) is 76.1 Å². The van der Waals surface area contributed by atoms with E-state index in [4.69, 9.17) is 9.97 Å². The number of nitriles is 2. The van der Waals surface area contributed by atoms with Gasteiger partial charge in [-0.25, -0.2) is 9.97 Å². The molecule has 90 heavy (non-hydrogen) atoms. The van der Waals surface area contributed by atoms with Gasteiger partial charge in [-0.15, -0.1) is 0 Å². The van der Waals surface area contributed by atoms with Gasteiger partial charge in [0.05, 0.1) is 45.7 Å². The maximum Gasteiger partial charge on any atom is 0.0991 e. The third-order valence-corrected chi connectivity index (χ3v) is 17.7. The summed E-state index contributed by atoms with van der Waals surface area (Å²) < 4.78 is 0. The van der Waals surface area contributed by atoms with Gasteiger partial charge in [-0.2, -0.15) is 10.5 Å². The number of nitrogens with zero attached hydrogens (tertiary/aromatic N) is 4. The van der Waals surface area contributed by atoms with Crippen LogP contribution in [0.15, 0.2) is 315 Å². The largest absolute Gasteiger partial charge is 0.247 e. The molecule has 0 amide bonds. The second-order valence-corrected chi connectivity index (χ2v) is 23.0. The smallest absolute Gasteiger partial charge is 0.0991 e. The average molecular weight is 1140 g/mol. The molecule has 17 aromatic rings. The van der Waals surface area contributed by atoms with Gasteiger partial charge in [-0.3, -0.25) is 0 Å². The van der Waals surface area contributed by atoms with Crippen molar-refractivity contribution in [3.8, 4) is 90.3 Å². The molecule has 2 aromatic heterocycles. The Morgan fingerprint density at radius 2 is 0.522 bits per heavy atom. The molecule has 0 atom stereocenters. The maximum atomic E-state index is 9.71. The molecular formula is C86H52N4. The number of hydrogen-bond acceptors (Lipinski definition) is 4. The van der Waals surface area contributed by atoms with E-state index in [2.05, 4.69) is 285 Å². The van der Waals surface area contributed by atoms with Gasteiger partial charge in [0.2, 0.25) is 0 Å². The summed E-state index contributed by atoms with van der Waals surface area (Å²) in [5.41, 5.74) is 18.5. The molecule has 17 rings (SSSR count). The van der Waals surface area contributed by atoms with Crippen LogP contribution in [0.4, 0.5) is 0 Å². The van der Waals surface area contributed by atoms with Crippen molar-refractivity contribution >= 4 is 86.4 Å². The highest BCUT2D eigenvalue weighted by atomic mass is 14.7. The first kappa shape index (κ1) is 53.2. The van der Waals surface area contributed by atoms with Crippen LogP contribution in [0, 0.1) is 22.7 Å². The van der Waals surface area contributed by atoms with Crippen molar-refractivity contribution in [2.45, 2.75) is 0 Å². The summed E-state index contributed by atoms with van der Waals surface area (Å²) in [7, 11) is 0. The minimum Gasteiger partial charge on any atom is -0.247 e. The van der Waals surface area contributed by atoms with Gasteiger partial charge in [0.25, 0.3) is 0 Å². The molecular weight excluding hydrogens is 1090 g/mol. The summed E-state index contributed by atoms with van der Waals surface area (Å²) >= 11 is 0. The molecule has 0 aliphatic carbocycles. The van der Waals surface area contributed by atoms with Crippen molar-refractivity contribution in [2.75, 3.05) is 0 Å². The van der Waals surface area contributed by atoms with E-state index in [0.717, 1.165) is 88.5 Å². The van der Waals surface area contributed by atoms with E-state index in [-0.39, 0.29) is 0 Å². The van der Waals surface area contributed by atoms with Crippen molar-refractivity contribution in [3.63, 3.8) is 0 Å². The van der Waals surface area contributed by atoms with Gasteiger partial charge < -0.3 is 0 Å². The average Bonchev–Trinajstić information content (AvgIpc) is 2.17. The zero-order chi connectivity index (χ0) is 60.1. The molecule has 2 heterocycles. The molecule has 0 radical (unpaired) electrons. The number of pyridine rings is 2. The van der Waals surface area contributed by atoms with Gasteiger partial charge >= 0.3 is 0 Å². The summed E-state index contributed by atoms with van der Waals surface area (Å²) in [6.07, 6.45) is 0. The Labute approximate surface area is 520 Å². The van der Waals surface area contributed by atoms with E-state index in [9.17, 15) is 10.5 Å². The van der Waals surface area contributed by atoms with Gasteiger partial charge in [0, 0.05) is 32.7 Å². The molecule has 4 heteroatoms. The Hall–Kier alpha value is -12.3. The lowest BCUT2D eigenvalue weighted by Crippen LogP contribution is -1.94. The van der Waals surface area contributed by atoms with E-state index >= 15 is 0 Å². The fourth-order valence-corrected chi connectivity index (χ4v) is 13.1. The van der Waals surface area contributed by atoms with Crippen molar-refractivity contribution in [2.24, 2.45) is 0 Å². The van der Waals surface area contributed by atoms with E-state index < -0.39 is 0 Å². The van der Waals surface area contributed by atoms with E-state index in [0.29, 0.717) is 11.1 Å².